The fourth-order valence-electron chi connectivity index (χ4n) is 3.82. The van der Waals surface area contributed by atoms with E-state index in [1.807, 2.05) is 11.6 Å². The number of amides is 1. The van der Waals surface area contributed by atoms with Gasteiger partial charge in [0.1, 0.15) is 0 Å². The van der Waals surface area contributed by atoms with E-state index in [4.69, 9.17) is 0 Å². The van der Waals surface area contributed by atoms with E-state index in [0.29, 0.717) is 29.4 Å². The highest BCUT2D eigenvalue weighted by Gasteiger charge is 2.38. The third-order valence-electron chi connectivity index (χ3n) is 5.38. The topological polar surface area (TPSA) is 97.1 Å². The maximum atomic E-state index is 13.0. The molecule has 0 aromatic carbocycles. The van der Waals surface area contributed by atoms with Crippen molar-refractivity contribution >= 4 is 22.9 Å². The molecule has 2 heterocycles. The molecule has 0 bridgehead atoms. The van der Waals surface area contributed by atoms with Crippen molar-refractivity contribution in [2.24, 2.45) is 0 Å². The highest BCUT2D eigenvalue weighted by atomic mass is 16.4. The van der Waals surface area contributed by atoms with Gasteiger partial charge in [0, 0.05) is 5.69 Å². The van der Waals surface area contributed by atoms with Gasteiger partial charge < -0.3 is 10.4 Å². The number of aliphatic carboxylic acids is 1. The van der Waals surface area contributed by atoms with E-state index in [9.17, 15) is 14.7 Å². The quantitative estimate of drug-likeness (QED) is 0.826. The number of pyridine rings is 1. The number of nitrogens with one attached hydrogen (secondary N) is 1. The Hall–Kier alpha value is -2.44. The zero-order valence-corrected chi connectivity index (χ0v) is 15.6. The Morgan fingerprint density at radius 1 is 1.38 bits per heavy atom. The van der Waals surface area contributed by atoms with Crippen LogP contribution in [-0.4, -0.2) is 37.3 Å². The van der Waals surface area contributed by atoms with Crippen LogP contribution in [0.25, 0.3) is 11.0 Å². The minimum absolute atomic E-state index is 0.0436. The molecule has 2 N–H and O–H groups in total. The smallest absolute Gasteiger partial charge is 0.305 e. The van der Waals surface area contributed by atoms with Crippen LogP contribution < -0.4 is 5.32 Å². The molecule has 1 atom stereocenters. The lowest BCUT2D eigenvalue weighted by atomic mass is 9.92. The van der Waals surface area contributed by atoms with Crippen LogP contribution in [0, 0.1) is 6.92 Å². The van der Waals surface area contributed by atoms with Gasteiger partial charge in [0.2, 0.25) is 0 Å². The summed E-state index contributed by atoms with van der Waals surface area (Å²) in [5.41, 5.74) is 1.30. The van der Waals surface area contributed by atoms with Crippen LogP contribution in [0.2, 0.25) is 0 Å². The average Bonchev–Trinajstić information content (AvgIpc) is 3.19. The van der Waals surface area contributed by atoms with Crippen molar-refractivity contribution in [3.63, 3.8) is 0 Å². The normalized spacial score (nSPS) is 17.3. The number of rotatable bonds is 6. The lowest BCUT2D eigenvalue weighted by Gasteiger charge is -2.28. The molecule has 7 nitrogen and oxygen atoms in total. The van der Waals surface area contributed by atoms with Gasteiger partial charge in [-0.25, -0.2) is 9.67 Å². The van der Waals surface area contributed by atoms with Crippen molar-refractivity contribution in [1.29, 1.82) is 0 Å². The number of nitrogens with zero attached hydrogens (tertiary/aromatic N) is 3. The first-order chi connectivity index (χ1) is 12.3. The van der Waals surface area contributed by atoms with Crippen LogP contribution in [0.1, 0.15) is 74.5 Å². The van der Waals surface area contributed by atoms with Gasteiger partial charge in [-0.3, -0.25) is 9.59 Å². The average molecular weight is 358 g/mol. The predicted molar refractivity (Wildman–Crippen MR) is 98.2 cm³/mol. The number of fused-ring (bicyclic) bond motifs is 1. The van der Waals surface area contributed by atoms with E-state index in [1.165, 1.54) is 0 Å². The van der Waals surface area contributed by atoms with Gasteiger partial charge in [-0.15, -0.1) is 0 Å². The van der Waals surface area contributed by atoms with Gasteiger partial charge in [0.15, 0.2) is 5.65 Å². The Bertz CT molecular complexity index is 837. The minimum Gasteiger partial charge on any atom is -0.481 e. The molecule has 1 fully saturated rings. The molecule has 0 aliphatic heterocycles. The summed E-state index contributed by atoms with van der Waals surface area (Å²) in [4.78, 5) is 28.9. The van der Waals surface area contributed by atoms with E-state index < -0.39 is 11.5 Å². The Kier molecular flexibility index (Phi) is 4.98. The Balaban J connectivity index is 1.98. The summed E-state index contributed by atoms with van der Waals surface area (Å²) in [6.45, 7) is 6.00. The van der Waals surface area contributed by atoms with Crippen molar-refractivity contribution in [3.05, 3.63) is 23.5 Å². The van der Waals surface area contributed by atoms with E-state index in [0.717, 1.165) is 25.0 Å². The number of aromatic nitrogens is 3. The molecule has 0 radical (unpaired) electrons. The number of carboxylic acids is 1. The van der Waals surface area contributed by atoms with Gasteiger partial charge in [0.05, 0.1) is 35.1 Å². The van der Waals surface area contributed by atoms with Gasteiger partial charge in [-0.1, -0.05) is 19.8 Å². The molecule has 7 heteroatoms. The maximum Gasteiger partial charge on any atom is 0.305 e. The summed E-state index contributed by atoms with van der Waals surface area (Å²) in [5, 5.41) is 17.4. The highest BCUT2D eigenvalue weighted by Crippen LogP contribution is 2.33. The Labute approximate surface area is 152 Å². The second kappa shape index (κ2) is 7.05. The van der Waals surface area contributed by atoms with Crippen LogP contribution in [-0.2, 0) is 4.79 Å². The molecule has 3 rings (SSSR count). The zero-order chi connectivity index (χ0) is 18.9. The molecule has 26 heavy (non-hydrogen) atoms. The number of aryl methyl sites for hydroxylation is 1. The van der Waals surface area contributed by atoms with Crippen LogP contribution in [0.5, 0.6) is 0 Å². The third kappa shape index (κ3) is 3.43. The van der Waals surface area contributed by atoms with Crippen LogP contribution in [0.3, 0.4) is 0 Å². The number of hydrogen-bond acceptors (Lipinski definition) is 4. The van der Waals surface area contributed by atoms with Gasteiger partial charge >= 0.3 is 5.97 Å². The summed E-state index contributed by atoms with van der Waals surface area (Å²) < 4.78 is 1.85. The molecular formula is C19H26N4O3. The summed E-state index contributed by atoms with van der Waals surface area (Å²) in [5.74, 6) is -1.12. The van der Waals surface area contributed by atoms with Crippen LogP contribution in [0.15, 0.2) is 12.3 Å². The summed E-state index contributed by atoms with van der Waals surface area (Å²) >= 11 is 0. The van der Waals surface area contributed by atoms with E-state index in [2.05, 4.69) is 29.2 Å². The second-order valence-corrected chi connectivity index (χ2v) is 7.41. The summed E-state index contributed by atoms with van der Waals surface area (Å²) in [6, 6.07) is 1.94. The summed E-state index contributed by atoms with van der Waals surface area (Å²) in [7, 11) is 0. The first kappa shape index (κ1) is 18.4. The molecule has 1 aliphatic rings. The van der Waals surface area contributed by atoms with Crippen LogP contribution in [0.4, 0.5) is 0 Å². The van der Waals surface area contributed by atoms with Crippen molar-refractivity contribution in [3.8, 4) is 0 Å². The third-order valence-corrected chi connectivity index (χ3v) is 5.38. The standard InChI is InChI=1S/C19H26N4O3/c1-4-13(3)23-17-15(11-20-23)14(9-12(2)21-17)18(26)22-19(10-16(24)25)7-5-6-8-19/h9,11,13H,4-8,10H2,1-3H3,(H,22,26)(H,24,25). The Morgan fingerprint density at radius 3 is 2.69 bits per heavy atom. The number of carbonyl (C=O) groups is 2. The molecule has 2 aromatic heterocycles. The van der Waals surface area contributed by atoms with Gasteiger partial charge in [0.25, 0.3) is 5.91 Å². The molecule has 1 amide bonds. The van der Waals surface area contributed by atoms with Crippen molar-refractivity contribution < 1.29 is 14.7 Å². The van der Waals surface area contributed by atoms with E-state index in [-0.39, 0.29) is 18.4 Å². The highest BCUT2D eigenvalue weighted by molar-refractivity contribution is 6.06. The maximum absolute atomic E-state index is 13.0. The molecule has 1 unspecified atom stereocenters. The van der Waals surface area contributed by atoms with Crippen molar-refractivity contribution in [2.45, 2.75) is 70.9 Å². The SMILES string of the molecule is CCC(C)n1ncc2c(C(=O)NC3(CC(=O)O)CCCC3)cc(C)nc21. The zero-order valence-electron chi connectivity index (χ0n) is 15.6. The lowest BCUT2D eigenvalue weighted by Crippen LogP contribution is -2.47. The molecular weight excluding hydrogens is 332 g/mol. The second-order valence-electron chi connectivity index (χ2n) is 7.41. The minimum atomic E-state index is -0.882. The lowest BCUT2D eigenvalue weighted by molar-refractivity contribution is -0.138. The molecule has 2 aromatic rings. The van der Waals surface area contributed by atoms with Crippen molar-refractivity contribution in [1.82, 2.24) is 20.1 Å². The fraction of sp³-hybridized carbons (Fsp3) is 0.579. The van der Waals surface area contributed by atoms with E-state index >= 15 is 0 Å². The molecule has 140 valence electrons. The Morgan fingerprint density at radius 2 is 2.08 bits per heavy atom. The fourth-order valence-corrected chi connectivity index (χ4v) is 3.82. The molecule has 1 saturated carbocycles. The van der Waals surface area contributed by atoms with Crippen LogP contribution >= 0.6 is 0 Å². The number of carbonyl (C=O) groups excluding carboxylic acids is 1. The van der Waals surface area contributed by atoms with E-state index in [1.54, 1.807) is 12.3 Å². The van der Waals surface area contributed by atoms with Crippen molar-refractivity contribution in [2.75, 3.05) is 0 Å². The molecule has 0 saturated heterocycles. The summed E-state index contributed by atoms with van der Waals surface area (Å²) in [6.07, 6.45) is 5.82. The van der Waals surface area contributed by atoms with Gasteiger partial charge in [-0.2, -0.15) is 5.10 Å². The predicted octanol–water partition coefficient (Wildman–Crippen LogP) is 3.23. The number of hydrogen-bond donors (Lipinski definition) is 2. The monoisotopic (exact) mass is 358 g/mol. The first-order valence-electron chi connectivity index (χ1n) is 9.24. The molecule has 1 aliphatic carbocycles. The largest absolute Gasteiger partial charge is 0.481 e. The molecule has 0 spiro atoms. The first-order valence-corrected chi connectivity index (χ1v) is 9.24. The number of carboxylic acid groups (broad SMARTS) is 1. The van der Waals surface area contributed by atoms with Gasteiger partial charge in [-0.05, 0) is 39.2 Å².